The fraction of sp³-hybridized carbons (Fsp3) is 0.135. The van der Waals surface area contributed by atoms with Gasteiger partial charge in [-0.25, -0.2) is 14.2 Å². The lowest BCUT2D eigenvalue weighted by Crippen LogP contribution is -2.40. The number of hydrogen-bond donors (Lipinski definition) is 0. The molecule has 1 aliphatic rings. The Balaban J connectivity index is 1.47. The van der Waals surface area contributed by atoms with Gasteiger partial charge in [-0.2, -0.15) is 5.26 Å². The molecule has 0 N–H and O–H groups in total. The van der Waals surface area contributed by atoms with E-state index in [1.54, 1.807) is 50.4 Å². The smallest absolute Gasteiger partial charge is 0.338 e. The molecule has 2 heterocycles. The first-order chi connectivity index (χ1) is 23.3. The number of hydrogen-bond acceptors (Lipinski definition) is 8. The van der Waals surface area contributed by atoms with E-state index in [2.05, 4.69) is 28.7 Å². The maximum Gasteiger partial charge on any atom is 0.338 e. The van der Waals surface area contributed by atoms with Gasteiger partial charge in [-0.1, -0.05) is 65.9 Å². The van der Waals surface area contributed by atoms with E-state index in [1.807, 2.05) is 48.5 Å². The highest BCUT2D eigenvalue weighted by Crippen LogP contribution is 2.36. The van der Waals surface area contributed by atoms with Crippen molar-refractivity contribution in [3.63, 3.8) is 0 Å². The fourth-order valence-electron chi connectivity index (χ4n) is 5.35. The van der Waals surface area contributed by atoms with Crippen molar-refractivity contribution in [2.24, 2.45) is 4.99 Å². The van der Waals surface area contributed by atoms with E-state index in [0.29, 0.717) is 48.8 Å². The number of aromatic nitrogens is 1. The van der Waals surface area contributed by atoms with Crippen molar-refractivity contribution >= 4 is 51.7 Å². The van der Waals surface area contributed by atoms with Crippen molar-refractivity contribution in [2.45, 2.75) is 19.6 Å². The lowest BCUT2D eigenvalue weighted by molar-refractivity contribution is -0.138. The molecule has 0 unspecified atom stereocenters. The number of halogens is 2. The van der Waals surface area contributed by atoms with Crippen LogP contribution < -0.4 is 24.4 Å². The zero-order valence-electron chi connectivity index (χ0n) is 25.8. The van der Waals surface area contributed by atoms with E-state index in [9.17, 15) is 14.0 Å². The van der Waals surface area contributed by atoms with Crippen LogP contribution >= 0.6 is 33.9 Å². The highest BCUT2D eigenvalue weighted by molar-refractivity contribution is 14.1. The molecule has 48 heavy (non-hydrogen) atoms. The Kier molecular flexibility index (Phi) is 9.84. The van der Waals surface area contributed by atoms with Crippen LogP contribution in [0.3, 0.4) is 0 Å². The summed E-state index contributed by atoms with van der Waals surface area (Å²) in [4.78, 5) is 33.0. The molecule has 1 atom stereocenters. The number of methoxy groups -OCH3 is 1. The summed E-state index contributed by atoms with van der Waals surface area (Å²) in [5, 5.41) is 9.06. The van der Waals surface area contributed by atoms with Gasteiger partial charge in [0.15, 0.2) is 16.3 Å². The van der Waals surface area contributed by atoms with Gasteiger partial charge in [0.2, 0.25) is 0 Å². The number of thiazole rings is 1. The number of rotatable bonds is 9. The summed E-state index contributed by atoms with van der Waals surface area (Å²) in [5.41, 5.74) is 3.58. The monoisotopic (exact) mass is 771 g/mol. The van der Waals surface area contributed by atoms with Gasteiger partial charge in [0, 0.05) is 5.56 Å². The molecule has 0 aliphatic carbocycles. The lowest BCUT2D eigenvalue weighted by Gasteiger charge is -2.25. The summed E-state index contributed by atoms with van der Waals surface area (Å²) in [6, 6.07) is 27.0. The number of benzene rings is 4. The number of esters is 1. The van der Waals surface area contributed by atoms with Crippen molar-refractivity contribution in [1.29, 1.82) is 5.26 Å². The summed E-state index contributed by atoms with van der Waals surface area (Å²) in [6.45, 7) is 2.10. The van der Waals surface area contributed by atoms with Crippen LogP contribution in [0.1, 0.15) is 40.8 Å². The van der Waals surface area contributed by atoms with Crippen molar-refractivity contribution < 1.29 is 23.4 Å². The van der Waals surface area contributed by atoms with E-state index in [4.69, 9.17) is 24.5 Å². The molecule has 5 aromatic rings. The zero-order valence-corrected chi connectivity index (χ0v) is 28.8. The predicted octanol–water partition coefficient (Wildman–Crippen LogP) is 6.14. The van der Waals surface area contributed by atoms with Gasteiger partial charge in [-0.15, -0.1) is 0 Å². The second-order valence-corrected chi connectivity index (χ2v) is 12.8. The molecular formula is C37H27FIN3O5S. The summed E-state index contributed by atoms with van der Waals surface area (Å²) >= 11 is 3.35. The van der Waals surface area contributed by atoms with Gasteiger partial charge in [-0.3, -0.25) is 9.36 Å². The Morgan fingerprint density at radius 1 is 1.08 bits per heavy atom. The van der Waals surface area contributed by atoms with Gasteiger partial charge in [-0.05, 0) is 88.7 Å². The van der Waals surface area contributed by atoms with Crippen LogP contribution in [-0.4, -0.2) is 24.3 Å². The summed E-state index contributed by atoms with van der Waals surface area (Å²) < 4.78 is 33.9. The molecule has 240 valence electrons. The Morgan fingerprint density at radius 2 is 1.81 bits per heavy atom. The molecule has 0 amide bonds. The maximum atomic E-state index is 14.2. The van der Waals surface area contributed by atoms with E-state index in [1.165, 1.54) is 28.0 Å². The fourth-order valence-corrected chi connectivity index (χ4v) is 7.13. The first-order valence-electron chi connectivity index (χ1n) is 14.8. The van der Waals surface area contributed by atoms with Gasteiger partial charge in [0.05, 0.1) is 50.8 Å². The van der Waals surface area contributed by atoms with E-state index >= 15 is 0 Å². The third kappa shape index (κ3) is 6.67. The Labute approximate surface area is 292 Å². The van der Waals surface area contributed by atoms with Crippen LogP contribution in [0.4, 0.5) is 4.39 Å². The number of fused-ring (bicyclic) bond motifs is 1. The molecule has 0 bridgehead atoms. The molecule has 0 saturated heterocycles. The highest BCUT2D eigenvalue weighted by atomic mass is 127. The Morgan fingerprint density at radius 3 is 2.48 bits per heavy atom. The minimum atomic E-state index is -0.911. The SMILES string of the molecule is CCOC(=O)C1=C(c2ccccc2)N=c2s/c(=C\c3cc(I)c(OCc4ccc(C#N)cc4)c(OC)c3)c(=O)n2[C@@H]1c1ccc(F)cc1. The summed E-state index contributed by atoms with van der Waals surface area (Å²) in [5.74, 6) is -0.0257. The molecule has 4 aromatic carbocycles. The lowest BCUT2D eigenvalue weighted by atomic mass is 9.93. The number of nitriles is 1. The van der Waals surface area contributed by atoms with Crippen LogP contribution in [0.2, 0.25) is 0 Å². The zero-order chi connectivity index (χ0) is 33.8. The van der Waals surface area contributed by atoms with Crippen molar-refractivity contribution in [3.05, 3.63) is 153 Å². The molecule has 11 heteroatoms. The normalized spacial score (nSPS) is 14.1. The molecule has 8 nitrogen and oxygen atoms in total. The van der Waals surface area contributed by atoms with E-state index < -0.39 is 17.8 Å². The average Bonchev–Trinajstić information content (AvgIpc) is 3.41. The number of carbonyl (C=O) groups excluding carboxylic acids is 1. The molecule has 6 rings (SSSR count). The molecule has 0 spiro atoms. The highest BCUT2D eigenvalue weighted by Gasteiger charge is 2.35. The van der Waals surface area contributed by atoms with E-state index in [0.717, 1.165) is 9.13 Å². The van der Waals surface area contributed by atoms with Crippen molar-refractivity contribution in [3.8, 4) is 17.6 Å². The third-order valence-electron chi connectivity index (χ3n) is 7.58. The topological polar surface area (TPSA) is 103 Å². The van der Waals surface area contributed by atoms with Crippen LogP contribution in [0, 0.1) is 20.7 Å². The summed E-state index contributed by atoms with van der Waals surface area (Å²) in [7, 11) is 1.54. The first-order valence-corrected chi connectivity index (χ1v) is 16.7. The third-order valence-corrected chi connectivity index (χ3v) is 9.36. The van der Waals surface area contributed by atoms with Crippen molar-refractivity contribution in [2.75, 3.05) is 13.7 Å². The quantitative estimate of drug-likeness (QED) is 0.132. The largest absolute Gasteiger partial charge is 0.493 e. The summed E-state index contributed by atoms with van der Waals surface area (Å²) in [6.07, 6.45) is 1.75. The van der Waals surface area contributed by atoms with Gasteiger partial charge < -0.3 is 14.2 Å². The van der Waals surface area contributed by atoms with Gasteiger partial charge >= 0.3 is 5.97 Å². The number of nitrogens with zero attached hydrogens (tertiary/aromatic N) is 3. The average molecular weight is 772 g/mol. The molecule has 1 aliphatic heterocycles. The first kappa shape index (κ1) is 32.9. The molecule has 0 fully saturated rings. The van der Waals surface area contributed by atoms with Gasteiger partial charge in [0.25, 0.3) is 5.56 Å². The molecule has 0 radical (unpaired) electrons. The molecule has 1 aromatic heterocycles. The standard InChI is InChI=1S/C37H27FIN3O5S/c1-3-46-36(44)31-32(25-7-5-4-6-8-25)41-37-42(33(31)26-13-15-27(38)16-14-26)35(43)30(48-37)19-24-17-28(39)34(29(18-24)45-2)47-21-23-11-9-22(20-40)10-12-23/h4-19,33H,3,21H2,1-2H3/b30-19-/t33-/m1/s1. The second kappa shape index (κ2) is 14.4. The van der Waals surface area contributed by atoms with Crippen LogP contribution in [0.5, 0.6) is 11.5 Å². The number of ether oxygens (including phenoxy) is 3. The maximum absolute atomic E-state index is 14.2. The Bertz CT molecular complexity index is 2260. The van der Waals surface area contributed by atoms with Gasteiger partial charge in [0.1, 0.15) is 12.4 Å². The Hall–Kier alpha value is -5.06. The molecule has 0 saturated carbocycles. The minimum Gasteiger partial charge on any atom is -0.493 e. The molecular weight excluding hydrogens is 744 g/mol. The number of carbonyl (C=O) groups is 1. The second-order valence-electron chi connectivity index (χ2n) is 10.6. The predicted molar refractivity (Wildman–Crippen MR) is 189 cm³/mol. The van der Waals surface area contributed by atoms with E-state index in [-0.39, 0.29) is 24.3 Å². The van der Waals surface area contributed by atoms with Crippen LogP contribution in [-0.2, 0) is 16.1 Å². The van der Waals surface area contributed by atoms with Crippen molar-refractivity contribution in [1.82, 2.24) is 4.57 Å². The van der Waals surface area contributed by atoms with Crippen LogP contribution in [0.25, 0.3) is 11.8 Å². The minimum absolute atomic E-state index is 0.124. The van der Waals surface area contributed by atoms with Crippen LogP contribution in [0.15, 0.2) is 106 Å².